The van der Waals surface area contributed by atoms with Gasteiger partial charge in [0.05, 0.1) is 5.48 Å². The minimum Gasteiger partial charge on any atom is -0.311 e. The fourth-order valence-corrected chi connectivity index (χ4v) is 7.91. The fraction of sp³-hybridized carbons (Fsp3) is 0. The number of rotatable bonds is 9. The standard InChI is InChI=1S/C58H41N/c1-4-14-42(15-5-1)45-26-32-54(33-27-45)59(55-34-28-46(29-35-55)49-22-12-23-50(38-49)58-25-13-21-48-20-10-11-24-57(48)58)56-36-30-47(31-37-56)53-40-51(43-16-6-2-7-17-43)39-52(41-53)44-18-8-3-9-19-44/h1-41H/i28D,29D,34D,35D. The molecule has 0 unspecified atom stereocenters. The van der Waals surface area contributed by atoms with Crippen LogP contribution < -0.4 is 4.90 Å². The summed E-state index contributed by atoms with van der Waals surface area (Å²) >= 11 is 0. The van der Waals surface area contributed by atoms with Crippen LogP contribution in [0.4, 0.5) is 17.1 Å². The maximum absolute atomic E-state index is 9.61. The zero-order chi connectivity index (χ0) is 42.9. The van der Waals surface area contributed by atoms with E-state index in [-0.39, 0.29) is 35.4 Å². The number of nitrogens with zero attached hydrogens (tertiary/aromatic N) is 1. The first-order chi connectivity index (χ1) is 30.9. The number of hydrogen-bond donors (Lipinski definition) is 0. The van der Waals surface area contributed by atoms with Gasteiger partial charge in [0.1, 0.15) is 0 Å². The van der Waals surface area contributed by atoms with Gasteiger partial charge in [0.2, 0.25) is 0 Å². The highest BCUT2D eigenvalue weighted by molar-refractivity contribution is 5.97. The van der Waals surface area contributed by atoms with E-state index in [0.29, 0.717) is 16.9 Å². The Morgan fingerprint density at radius 1 is 0.254 bits per heavy atom. The topological polar surface area (TPSA) is 3.24 Å². The highest BCUT2D eigenvalue weighted by Crippen LogP contribution is 2.40. The van der Waals surface area contributed by atoms with E-state index in [9.17, 15) is 5.48 Å². The first-order valence-corrected chi connectivity index (χ1v) is 19.9. The molecule has 0 radical (unpaired) electrons. The molecule has 0 aromatic heterocycles. The largest absolute Gasteiger partial charge is 0.311 e. The van der Waals surface area contributed by atoms with E-state index in [0.717, 1.165) is 66.4 Å². The minimum absolute atomic E-state index is 0.102. The summed E-state index contributed by atoms with van der Waals surface area (Å²) in [6.45, 7) is 0. The first kappa shape index (κ1) is 31.4. The second-order valence-corrected chi connectivity index (χ2v) is 14.7. The third-order valence-electron chi connectivity index (χ3n) is 10.9. The second-order valence-electron chi connectivity index (χ2n) is 14.7. The van der Waals surface area contributed by atoms with Crippen LogP contribution in [0.15, 0.2) is 249 Å². The molecule has 0 aliphatic carbocycles. The Labute approximate surface area is 352 Å². The maximum Gasteiger partial charge on any atom is 0.0645 e. The molecule has 10 aromatic carbocycles. The molecule has 1 nitrogen and oxygen atoms in total. The van der Waals surface area contributed by atoms with E-state index in [4.69, 9.17) is 0 Å². The van der Waals surface area contributed by atoms with E-state index >= 15 is 0 Å². The Balaban J connectivity index is 1.09. The smallest absolute Gasteiger partial charge is 0.0645 e. The summed E-state index contributed by atoms with van der Waals surface area (Å²) < 4.78 is 38.2. The molecule has 0 spiro atoms. The molecular weight excluding hydrogens is 711 g/mol. The lowest BCUT2D eigenvalue weighted by atomic mass is 9.93. The molecule has 10 rings (SSSR count). The van der Waals surface area contributed by atoms with Crippen molar-refractivity contribution < 1.29 is 5.48 Å². The Morgan fingerprint density at radius 2 is 0.644 bits per heavy atom. The van der Waals surface area contributed by atoms with E-state index in [1.165, 1.54) is 0 Å². The Morgan fingerprint density at radius 3 is 1.20 bits per heavy atom. The Kier molecular flexibility index (Phi) is 8.51. The van der Waals surface area contributed by atoms with Gasteiger partial charge in [-0.1, -0.05) is 188 Å². The normalized spacial score (nSPS) is 12.0. The summed E-state index contributed by atoms with van der Waals surface area (Å²) in [5, 5.41) is 2.23. The van der Waals surface area contributed by atoms with Gasteiger partial charge in [-0.25, -0.2) is 0 Å². The maximum atomic E-state index is 9.61. The first-order valence-electron chi connectivity index (χ1n) is 21.9. The van der Waals surface area contributed by atoms with E-state index < -0.39 is 0 Å². The molecule has 0 heterocycles. The van der Waals surface area contributed by atoms with Crippen LogP contribution >= 0.6 is 0 Å². The molecule has 0 amide bonds. The van der Waals surface area contributed by atoms with Crippen LogP contribution in [0.25, 0.3) is 77.5 Å². The average molecular weight is 756 g/mol. The summed E-state index contributed by atoms with van der Waals surface area (Å²) in [4.78, 5) is 1.85. The van der Waals surface area contributed by atoms with Crippen molar-refractivity contribution in [2.45, 2.75) is 0 Å². The van der Waals surface area contributed by atoms with Crippen LogP contribution in [0, 0.1) is 0 Å². The molecule has 1 heteroatoms. The minimum atomic E-state index is -0.124. The molecule has 0 saturated heterocycles. The molecule has 278 valence electrons. The molecule has 0 fully saturated rings. The van der Waals surface area contributed by atoms with Gasteiger partial charge in [-0.15, -0.1) is 0 Å². The number of benzene rings is 10. The average Bonchev–Trinajstić information content (AvgIpc) is 3.35. The van der Waals surface area contributed by atoms with Gasteiger partial charge in [0.25, 0.3) is 0 Å². The van der Waals surface area contributed by atoms with Crippen molar-refractivity contribution in [1.29, 1.82) is 0 Å². The highest BCUT2D eigenvalue weighted by atomic mass is 15.1. The van der Waals surface area contributed by atoms with Gasteiger partial charge in [-0.2, -0.15) is 0 Å². The number of hydrogen-bond acceptors (Lipinski definition) is 1. The van der Waals surface area contributed by atoms with Gasteiger partial charge >= 0.3 is 0 Å². The Hall–Kier alpha value is -7.74. The monoisotopic (exact) mass is 755 g/mol. The lowest BCUT2D eigenvalue weighted by molar-refractivity contribution is 1.28. The molecule has 0 atom stereocenters. The number of anilines is 3. The lowest BCUT2D eigenvalue weighted by Gasteiger charge is -2.26. The molecule has 10 aromatic rings. The molecule has 0 aliphatic rings. The molecule has 0 saturated carbocycles. The number of fused-ring (bicyclic) bond motifs is 1. The van der Waals surface area contributed by atoms with Gasteiger partial charge in [0, 0.05) is 17.1 Å². The van der Waals surface area contributed by atoms with Crippen LogP contribution in [0.3, 0.4) is 0 Å². The molecule has 0 N–H and O–H groups in total. The van der Waals surface area contributed by atoms with Gasteiger partial charge in [0.15, 0.2) is 0 Å². The van der Waals surface area contributed by atoms with Crippen molar-refractivity contribution in [3.05, 3.63) is 249 Å². The van der Waals surface area contributed by atoms with Crippen molar-refractivity contribution in [3.8, 4) is 66.8 Å². The summed E-state index contributed by atoms with van der Waals surface area (Å²) in [5.74, 6) is 0. The van der Waals surface area contributed by atoms with Crippen molar-refractivity contribution in [1.82, 2.24) is 0 Å². The highest BCUT2D eigenvalue weighted by Gasteiger charge is 2.15. The summed E-state index contributed by atoms with van der Waals surface area (Å²) in [6.07, 6.45) is 0. The predicted molar refractivity (Wildman–Crippen MR) is 251 cm³/mol. The van der Waals surface area contributed by atoms with Crippen LogP contribution in [0.2, 0.25) is 0 Å². The fourth-order valence-electron chi connectivity index (χ4n) is 7.91. The van der Waals surface area contributed by atoms with Crippen molar-refractivity contribution in [2.24, 2.45) is 0 Å². The van der Waals surface area contributed by atoms with Gasteiger partial charge in [-0.3, -0.25) is 0 Å². The zero-order valence-corrected chi connectivity index (χ0v) is 32.3. The van der Waals surface area contributed by atoms with Crippen molar-refractivity contribution in [3.63, 3.8) is 0 Å². The molecule has 0 bridgehead atoms. The second kappa shape index (κ2) is 16.0. The molecule has 59 heavy (non-hydrogen) atoms. The van der Waals surface area contributed by atoms with Crippen molar-refractivity contribution >= 4 is 27.8 Å². The third kappa shape index (κ3) is 7.46. The van der Waals surface area contributed by atoms with E-state index in [2.05, 4.69) is 115 Å². The summed E-state index contributed by atoms with van der Waals surface area (Å²) in [7, 11) is 0. The summed E-state index contributed by atoms with van der Waals surface area (Å²) in [6, 6.07) is 75.6. The lowest BCUT2D eigenvalue weighted by Crippen LogP contribution is -2.09. The van der Waals surface area contributed by atoms with Crippen LogP contribution in [-0.2, 0) is 0 Å². The summed E-state index contributed by atoms with van der Waals surface area (Å²) in [5.41, 5.74) is 13.1. The van der Waals surface area contributed by atoms with Crippen LogP contribution in [0.5, 0.6) is 0 Å². The van der Waals surface area contributed by atoms with Crippen molar-refractivity contribution in [2.75, 3.05) is 4.90 Å². The quantitative estimate of drug-likeness (QED) is 0.142. The molecule has 0 aliphatic heterocycles. The van der Waals surface area contributed by atoms with Crippen LogP contribution in [-0.4, -0.2) is 0 Å². The Bertz CT molecular complexity index is 3150. The predicted octanol–water partition coefficient (Wildman–Crippen LogP) is 16.3. The SMILES string of the molecule is [2H]c1c([2H])c(N(c2ccc(-c3ccccc3)cc2)c2ccc(-c3cc(-c4ccccc4)cc(-c4ccccc4)c3)cc2)c([2H])c([2H])c1-c1cccc(-c2cccc3ccccc23)c1. The third-order valence-corrected chi connectivity index (χ3v) is 10.9. The zero-order valence-electron chi connectivity index (χ0n) is 36.3. The van der Waals surface area contributed by atoms with Crippen LogP contribution in [0.1, 0.15) is 5.48 Å². The van der Waals surface area contributed by atoms with E-state index in [1.54, 1.807) is 0 Å². The molecular formula is C58H41N. The van der Waals surface area contributed by atoms with E-state index in [1.807, 2.05) is 114 Å². The van der Waals surface area contributed by atoms with Gasteiger partial charge in [-0.05, 0) is 138 Å². The van der Waals surface area contributed by atoms with Gasteiger partial charge < -0.3 is 4.90 Å².